The number of carbonyl (C=O) groups excluding carboxylic acids is 1. The van der Waals surface area contributed by atoms with Gasteiger partial charge in [-0.2, -0.15) is 0 Å². The molecule has 0 saturated heterocycles. The molecule has 0 aliphatic carbocycles. The number of hydrogen-bond donors (Lipinski definition) is 1. The summed E-state index contributed by atoms with van der Waals surface area (Å²) < 4.78 is 0. The van der Waals surface area contributed by atoms with Gasteiger partial charge in [-0.25, -0.2) is 0 Å². The predicted molar refractivity (Wildman–Crippen MR) is 64.7 cm³/mol. The monoisotopic (exact) mass is 214 g/mol. The Balaban J connectivity index is 3.68. The molecule has 0 saturated carbocycles. The van der Waals surface area contributed by atoms with Crippen molar-refractivity contribution < 1.29 is 4.79 Å². The van der Waals surface area contributed by atoms with Crippen molar-refractivity contribution in [3.05, 3.63) is 0 Å². The van der Waals surface area contributed by atoms with Gasteiger partial charge in [0.05, 0.1) is 6.54 Å². The smallest absolute Gasteiger partial charge is 0.231 e. The van der Waals surface area contributed by atoms with Crippen molar-refractivity contribution in [2.45, 2.75) is 52.4 Å². The van der Waals surface area contributed by atoms with E-state index in [2.05, 4.69) is 18.7 Å². The molecule has 0 aromatic carbocycles. The Morgan fingerprint density at radius 2 is 1.47 bits per heavy atom. The van der Waals surface area contributed by atoms with Crippen molar-refractivity contribution in [2.75, 3.05) is 19.6 Å². The Hall–Kier alpha value is -0.570. The van der Waals surface area contributed by atoms with Crippen LogP contribution in [-0.2, 0) is 4.79 Å². The second-order valence-corrected chi connectivity index (χ2v) is 4.16. The molecule has 3 nitrogen and oxygen atoms in total. The van der Waals surface area contributed by atoms with E-state index in [9.17, 15) is 4.79 Å². The van der Waals surface area contributed by atoms with Crippen LogP contribution < -0.4 is 5.73 Å². The van der Waals surface area contributed by atoms with Crippen LogP contribution in [0.25, 0.3) is 0 Å². The summed E-state index contributed by atoms with van der Waals surface area (Å²) in [5.41, 5.74) is 5.22. The molecule has 1 amide bonds. The molecule has 0 atom stereocenters. The fraction of sp³-hybridized carbons (Fsp3) is 0.917. The maximum atomic E-state index is 10.9. The lowest BCUT2D eigenvalue weighted by Gasteiger charge is -2.20. The van der Waals surface area contributed by atoms with Gasteiger partial charge in [0.2, 0.25) is 5.91 Å². The molecule has 0 aromatic heterocycles. The van der Waals surface area contributed by atoms with Gasteiger partial charge in [0.1, 0.15) is 0 Å². The van der Waals surface area contributed by atoms with Crippen LogP contribution >= 0.6 is 0 Å². The van der Waals surface area contributed by atoms with E-state index in [1.807, 2.05) is 0 Å². The summed E-state index contributed by atoms with van der Waals surface area (Å²) in [5, 5.41) is 0. The third-order valence-corrected chi connectivity index (χ3v) is 2.54. The molecule has 15 heavy (non-hydrogen) atoms. The standard InChI is InChI=1S/C12H26N2O/c1-3-5-7-9-14(11-12(13)15)10-8-6-4-2/h3-11H2,1-2H3,(H2,13,15). The lowest BCUT2D eigenvalue weighted by molar-refractivity contribution is -0.119. The highest BCUT2D eigenvalue weighted by Gasteiger charge is 2.06. The highest BCUT2D eigenvalue weighted by atomic mass is 16.1. The minimum absolute atomic E-state index is 0.206. The van der Waals surface area contributed by atoms with Crippen LogP contribution in [0.15, 0.2) is 0 Å². The second-order valence-electron chi connectivity index (χ2n) is 4.16. The van der Waals surface area contributed by atoms with Crippen LogP contribution in [0, 0.1) is 0 Å². The first-order valence-electron chi connectivity index (χ1n) is 6.21. The van der Waals surface area contributed by atoms with Crippen molar-refractivity contribution >= 4 is 5.91 Å². The Bertz CT molecular complexity index is 150. The lowest BCUT2D eigenvalue weighted by atomic mass is 10.2. The van der Waals surface area contributed by atoms with Gasteiger partial charge < -0.3 is 5.73 Å². The molecule has 0 radical (unpaired) electrons. The van der Waals surface area contributed by atoms with Crippen molar-refractivity contribution in [1.29, 1.82) is 0 Å². The van der Waals surface area contributed by atoms with E-state index in [0.29, 0.717) is 6.54 Å². The number of nitrogens with two attached hydrogens (primary N) is 1. The van der Waals surface area contributed by atoms with Crippen LogP contribution in [-0.4, -0.2) is 30.4 Å². The molecule has 3 heteroatoms. The van der Waals surface area contributed by atoms with Crippen LogP contribution in [0.3, 0.4) is 0 Å². The first kappa shape index (κ1) is 14.4. The normalized spacial score (nSPS) is 10.9. The van der Waals surface area contributed by atoms with E-state index >= 15 is 0 Å². The van der Waals surface area contributed by atoms with Gasteiger partial charge in [-0.05, 0) is 25.9 Å². The summed E-state index contributed by atoms with van der Waals surface area (Å²) >= 11 is 0. The summed E-state index contributed by atoms with van der Waals surface area (Å²) in [6.45, 7) is 6.83. The highest BCUT2D eigenvalue weighted by molar-refractivity contribution is 5.75. The lowest BCUT2D eigenvalue weighted by Crippen LogP contribution is -2.35. The molecule has 0 aliphatic heterocycles. The molecular formula is C12H26N2O. The topological polar surface area (TPSA) is 46.3 Å². The molecular weight excluding hydrogens is 188 g/mol. The zero-order valence-electron chi connectivity index (χ0n) is 10.3. The molecule has 0 fully saturated rings. The molecule has 0 rings (SSSR count). The second kappa shape index (κ2) is 9.97. The summed E-state index contributed by atoms with van der Waals surface area (Å²) in [6, 6.07) is 0. The summed E-state index contributed by atoms with van der Waals surface area (Å²) in [7, 11) is 0. The van der Waals surface area contributed by atoms with Gasteiger partial charge in [-0.1, -0.05) is 39.5 Å². The maximum absolute atomic E-state index is 10.9. The van der Waals surface area contributed by atoms with Crippen molar-refractivity contribution in [3.63, 3.8) is 0 Å². The van der Waals surface area contributed by atoms with E-state index in [1.165, 1.54) is 38.5 Å². The highest BCUT2D eigenvalue weighted by Crippen LogP contribution is 2.02. The molecule has 0 aliphatic rings. The maximum Gasteiger partial charge on any atom is 0.231 e. The van der Waals surface area contributed by atoms with Gasteiger partial charge in [0.15, 0.2) is 0 Å². The van der Waals surface area contributed by atoms with E-state index < -0.39 is 0 Å². The van der Waals surface area contributed by atoms with Gasteiger partial charge >= 0.3 is 0 Å². The van der Waals surface area contributed by atoms with Gasteiger partial charge in [0, 0.05) is 0 Å². The summed E-state index contributed by atoms with van der Waals surface area (Å²) in [4.78, 5) is 13.0. The van der Waals surface area contributed by atoms with Crippen molar-refractivity contribution in [3.8, 4) is 0 Å². The molecule has 2 N–H and O–H groups in total. The Morgan fingerprint density at radius 1 is 1.00 bits per heavy atom. The Kier molecular flexibility index (Phi) is 9.59. The van der Waals surface area contributed by atoms with E-state index in [4.69, 9.17) is 5.73 Å². The third kappa shape index (κ3) is 9.73. The minimum atomic E-state index is -0.206. The number of rotatable bonds is 10. The summed E-state index contributed by atoms with van der Waals surface area (Å²) in [5.74, 6) is -0.206. The van der Waals surface area contributed by atoms with E-state index in [1.54, 1.807) is 0 Å². The fourth-order valence-corrected chi connectivity index (χ4v) is 1.66. The van der Waals surface area contributed by atoms with Crippen molar-refractivity contribution in [2.24, 2.45) is 5.73 Å². The molecule has 0 aromatic rings. The largest absolute Gasteiger partial charge is 0.369 e. The molecule has 0 unspecified atom stereocenters. The number of amides is 1. The predicted octanol–water partition coefficient (Wildman–Crippen LogP) is 2.15. The molecule has 0 spiro atoms. The van der Waals surface area contributed by atoms with Crippen LogP contribution in [0.4, 0.5) is 0 Å². The van der Waals surface area contributed by atoms with Crippen LogP contribution in [0.2, 0.25) is 0 Å². The third-order valence-electron chi connectivity index (χ3n) is 2.54. The Morgan fingerprint density at radius 3 is 1.80 bits per heavy atom. The number of primary amides is 1. The van der Waals surface area contributed by atoms with Crippen LogP contribution in [0.5, 0.6) is 0 Å². The van der Waals surface area contributed by atoms with E-state index in [0.717, 1.165) is 13.1 Å². The average molecular weight is 214 g/mol. The van der Waals surface area contributed by atoms with Crippen LogP contribution in [0.1, 0.15) is 52.4 Å². The average Bonchev–Trinajstić information content (AvgIpc) is 2.17. The molecule has 90 valence electrons. The first-order chi connectivity index (χ1) is 7.20. The molecule has 0 bridgehead atoms. The number of nitrogens with zero attached hydrogens (tertiary/aromatic N) is 1. The summed E-state index contributed by atoms with van der Waals surface area (Å²) in [6.07, 6.45) is 7.27. The molecule has 0 heterocycles. The quantitative estimate of drug-likeness (QED) is 0.566. The van der Waals surface area contributed by atoms with Gasteiger partial charge in [-0.15, -0.1) is 0 Å². The van der Waals surface area contributed by atoms with E-state index in [-0.39, 0.29) is 5.91 Å². The number of hydrogen-bond acceptors (Lipinski definition) is 2. The van der Waals surface area contributed by atoms with Gasteiger partial charge in [-0.3, -0.25) is 9.69 Å². The zero-order valence-corrected chi connectivity index (χ0v) is 10.3. The number of carbonyl (C=O) groups is 1. The van der Waals surface area contributed by atoms with Gasteiger partial charge in [0.25, 0.3) is 0 Å². The van der Waals surface area contributed by atoms with Crippen molar-refractivity contribution in [1.82, 2.24) is 4.90 Å². The SMILES string of the molecule is CCCCCN(CCCCC)CC(N)=O. The fourth-order valence-electron chi connectivity index (χ4n) is 1.66. The minimum Gasteiger partial charge on any atom is -0.369 e. The first-order valence-corrected chi connectivity index (χ1v) is 6.21. The number of unbranched alkanes of at least 4 members (excludes halogenated alkanes) is 4. The zero-order chi connectivity index (χ0) is 11.5. The Labute approximate surface area is 94.0 Å².